The number of rotatable bonds is 27. The predicted molar refractivity (Wildman–Crippen MR) is 305 cm³/mol. The summed E-state index contributed by atoms with van der Waals surface area (Å²) in [5, 5.41) is 15.9. The Kier molecular flexibility index (Phi) is 22.3. The molecule has 3 aromatic rings. The second kappa shape index (κ2) is 27.4. The number of allylic oxidation sites excluding steroid dienone is 4. The van der Waals surface area contributed by atoms with Crippen molar-refractivity contribution in [3.8, 4) is 11.8 Å². The van der Waals surface area contributed by atoms with Gasteiger partial charge in [0.2, 0.25) is 17.5 Å². The van der Waals surface area contributed by atoms with Crippen LogP contribution in [-0.2, 0) is 72.2 Å². The second-order valence-electron chi connectivity index (χ2n) is 19.9. The van der Waals surface area contributed by atoms with E-state index in [1.165, 1.54) is 45.9 Å². The van der Waals surface area contributed by atoms with E-state index in [2.05, 4.69) is 45.1 Å². The Morgan fingerprint density at radius 3 is 2.19 bits per heavy atom. The van der Waals surface area contributed by atoms with Gasteiger partial charge >= 0.3 is 29.2 Å². The minimum atomic E-state index is -5.80. The highest BCUT2D eigenvalue weighted by Crippen LogP contribution is 2.66. The van der Waals surface area contributed by atoms with Gasteiger partial charge in [-0.3, -0.25) is 37.6 Å². The van der Waals surface area contributed by atoms with E-state index in [9.17, 15) is 73.7 Å². The third kappa shape index (κ3) is 18.0. The zero-order valence-electron chi connectivity index (χ0n) is 45.3. The molecule has 83 heavy (non-hydrogen) atoms. The molecule has 2 unspecified atom stereocenters. The van der Waals surface area contributed by atoms with Crippen LogP contribution in [0.5, 0.6) is 0 Å². The molecule has 3 aliphatic heterocycles. The first-order chi connectivity index (χ1) is 38.5. The van der Waals surface area contributed by atoms with Gasteiger partial charge in [-0.05, 0) is 75.6 Å². The number of likely N-dealkylation sites (N-methyl/N-ethyl adjacent to an activating group) is 1. The molecule has 1 fully saturated rings. The minimum absolute atomic E-state index is 0.120. The van der Waals surface area contributed by atoms with Crippen molar-refractivity contribution in [1.29, 1.82) is 0 Å². The molecule has 6 rings (SSSR count). The molecule has 0 radical (unpaired) electrons. The molecule has 4 heterocycles. The van der Waals surface area contributed by atoms with Crippen molar-refractivity contribution in [2.24, 2.45) is 0 Å². The van der Waals surface area contributed by atoms with Gasteiger partial charge in [-0.1, -0.05) is 53.4 Å². The average molecular weight is 1300 g/mol. The van der Waals surface area contributed by atoms with Gasteiger partial charge in [-0.15, -0.1) is 0 Å². The zero-order valence-corrected chi connectivity index (χ0v) is 51.2. The number of amides is 2. The fraction of sp³-hybridized carbons (Fsp3) is 0.479. The third-order valence-corrected chi connectivity index (χ3v) is 21.2. The number of carbonyl (C=O) groups is 2. The summed E-state index contributed by atoms with van der Waals surface area (Å²) in [6.45, 7) is 10.2. The summed E-state index contributed by atoms with van der Waals surface area (Å²) in [5.74, 6) is 5.65. The monoisotopic (exact) mass is 1300 g/mol. The number of aliphatic hydroxyl groups excluding tert-OH is 1. The number of aromatic amines is 1. The van der Waals surface area contributed by atoms with Crippen LogP contribution in [0.25, 0.3) is 0 Å². The number of aromatic nitrogens is 2. The quantitative estimate of drug-likeness (QED) is 0.0127. The highest BCUT2D eigenvalue weighted by atomic mass is 33.1. The molecule has 456 valence electrons. The van der Waals surface area contributed by atoms with Crippen LogP contribution in [0.2, 0.25) is 0 Å². The number of hydrogen-bond donors (Lipinski definition) is 10. The Balaban J connectivity index is 0.915. The van der Waals surface area contributed by atoms with E-state index in [-0.39, 0.29) is 53.0 Å². The lowest BCUT2D eigenvalue weighted by atomic mass is 9.81. The summed E-state index contributed by atoms with van der Waals surface area (Å²) >= 11 is 0. The summed E-state index contributed by atoms with van der Waals surface area (Å²) in [4.78, 5) is 90.3. The standard InChI is InChI=1S/C48H63N6O22P3S4/c1-6-52-36-18-16-32(82(67,68)69)26-34(36)47(2,3)40(52)13-10-14-41-48(4,5)35-27-33(83(70,71)72)17-19-37(35)53(41)23-9-7-8-15-42(56)50-22-25-81-80-24-20-43(57)49-21-11-12-31-29-54(46(59)51-45(31)58)44-28-38(55)39(74-44)30-73-78(63,64)76-79(65,66)75-77(60,61)62/h10,13-14,16-19,26-27,29,38-39,44,55H,6-9,15,20-25,28,30H2,1-5H3,(H8-,49,50,51,56,57,58,59,60,61,62,63,64,65,66,67,68,69,70,71,72)/p+1/t38-,39-,44-/m1/s1. The highest BCUT2D eigenvalue weighted by molar-refractivity contribution is 8.76. The lowest BCUT2D eigenvalue weighted by Crippen LogP contribution is -2.34. The van der Waals surface area contributed by atoms with Gasteiger partial charge in [0.15, 0.2) is 5.71 Å². The second-order valence-corrected chi connectivity index (χ2v) is 29.9. The number of fused-ring (bicyclic) bond motifs is 2. The van der Waals surface area contributed by atoms with Gasteiger partial charge < -0.3 is 45.0 Å². The van der Waals surface area contributed by atoms with E-state index in [1.807, 2.05) is 57.8 Å². The van der Waals surface area contributed by atoms with Crippen molar-refractivity contribution in [2.75, 3.05) is 49.2 Å². The van der Waals surface area contributed by atoms with Crippen LogP contribution in [0.4, 0.5) is 11.4 Å². The van der Waals surface area contributed by atoms with Crippen LogP contribution in [0.1, 0.15) is 96.1 Å². The Labute approximate surface area is 485 Å². The molecule has 2 aromatic carbocycles. The van der Waals surface area contributed by atoms with Gasteiger partial charge in [-0.25, -0.2) is 18.5 Å². The van der Waals surface area contributed by atoms with Crippen molar-refractivity contribution in [3.05, 3.63) is 104 Å². The van der Waals surface area contributed by atoms with Crippen LogP contribution >= 0.6 is 45.1 Å². The molecule has 0 bridgehead atoms. The minimum Gasteiger partial charge on any atom is -0.390 e. The molecule has 2 amide bonds. The van der Waals surface area contributed by atoms with E-state index >= 15 is 0 Å². The summed E-state index contributed by atoms with van der Waals surface area (Å²) in [7, 11) is -23.0. The lowest BCUT2D eigenvalue weighted by molar-refractivity contribution is -0.438. The number of unbranched alkanes of at least 4 members (excludes halogenated alkanes) is 2. The first-order valence-electron chi connectivity index (χ1n) is 25.3. The lowest BCUT2D eigenvalue weighted by Gasteiger charge is -2.25. The van der Waals surface area contributed by atoms with E-state index in [4.69, 9.17) is 14.5 Å². The number of benzene rings is 2. The van der Waals surface area contributed by atoms with Crippen LogP contribution < -0.4 is 26.8 Å². The average Bonchev–Trinajstić information content (AvgIpc) is 1.83. The predicted octanol–water partition coefficient (Wildman–Crippen LogP) is 4.27. The maximum absolute atomic E-state index is 12.7. The van der Waals surface area contributed by atoms with Crippen molar-refractivity contribution in [2.45, 2.75) is 112 Å². The number of phosphoric acid groups is 3. The first kappa shape index (κ1) is 67.5. The van der Waals surface area contributed by atoms with Crippen molar-refractivity contribution >= 4 is 94.2 Å². The van der Waals surface area contributed by atoms with Crippen LogP contribution in [0, 0.1) is 11.8 Å². The van der Waals surface area contributed by atoms with Crippen molar-refractivity contribution in [1.82, 2.24) is 20.2 Å². The number of H-pyrrole nitrogens is 1. The highest BCUT2D eigenvalue weighted by Gasteiger charge is 2.46. The number of ether oxygens (including phenoxy) is 1. The number of phosphoric ester groups is 1. The molecule has 0 aliphatic carbocycles. The maximum atomic E-state index is 12.7. The Bertz CT molecular complexity index is 3650. The van der Waals surface area contributed by atoms with E-state index < -0.39 is 90.8 Å². The number of anilines is 1. The van der Waals surface area contributed by atoms with Crippen molar-refractivity contribution < 1.29 is 96.4 Å². The number of hydrogen-bond acceptors (Lipinski definition) is 19. The normalized spacial score (nSPS) is 20.4. The molecule has 1 saturated heterocycles. The Hall–Kier alpha value is -4.58. The molecule has 0 spiro atoms. The van der Waals surface area contributed by atoms with E-state index in [1.54, 1.807) is 12.1 Å². The molecule has 10 N–H and O–H groups in total. The summed E-state index contributed by atoms with van der Waals surface area (Å²) < 4.78 is 123. The van der Waals surface area contributed by atoms with Gasteiger partial charge in [0.05, 0.1) is 34.5 Å². The summed E-state index contributed by atoms with van der Waals surface area (Å²) in [6, 6.07) is 9.08. The zero-order chi connectivity index (χ0) is 61.5. The van der Waals surface area contributed by atoms with Crippen LogP contribution in [-0.4, -0.2) is 139 Å². The van der Waals surface area contributed by atoms with E-state index in [0.717, 1.165) is 39.1 Å². The Morgan fingerprint density at radius 1 is 0.880 bits per heavy atom. The maximum Gasteiger partial charge on any atom is 0.490 e. The smallest absolute Gasteiger partial charge is 0.390 e. The summed E-state index contributed by atoms with van der Waals surface area (Å²) in [5.41, 5.74) is 1.39. The number of nitrogens with zero attached hydrogens (tertiary/aromatic N) is 3. The number of nitrogens with one attached hydrogen (secondary N) is 3. The van der Waals surface area contributed by atoms with Crippen LogP contribution in [0.3, 0.4) is 0 Å². The van der Waals surface area contributed by atoms with Gasteiger partial charge in [0.25, 0.3) is 25.8 Å². The molecule has 0 saturated carbocycles. The van der Waals surface area contributed by atoms with Crippen molar-refractivity contribution in [3.63, 3.8) is 0 Å². The molecule has 3 aliphatic rings. The Morgan fingerprint density at radius 2 is 1.53 bits per heavy atom. The van der Waals surface area contributed by atoms with Crippen LogP contribution in [0.15, 0.2) is 85.9 Å². The molecule has 1 aromatic heterocycles. The fourth-order valence-electron chi connectivity index (χ4n) is 9.41. The largest absolute Gasteiger partial charge is 0.490 e. The molecule has 35 heteroatoms. The summed E-state index contributed by atoms with van der Waals surface area (Å²) in [6.07, 6.45) is 4.71. The first-order valence-corrected chi connectivity index (χ1v) is 35.2. The SMILES string of the molecule is CCN1C(=CC=CC2=[N+](CCCCCC(=O)NCCSSCCC(=O)NCC#Cc3cn([C@H]4C[C@@H](O)[C@@H](COP(=O)(O)OP(=O)(O)OP(=O)(O)O)O4)c(=O)[nH]c3=O)c3ccc(S(=O)(=O)O)cc3C2(C)C)C(C)(C)c2cc(S(=O)(=O)O)ccc21. The third-order valence-electron chi connectivity index (χ3n) is 13.3. The number of carbonyl (C=O) groups excluding carboxylic acids is 2. The molecule has 28 nitrogen and oxygen atoms in total. The fourth-order valence-corrected chi connectivity index (χ4v) is 15.4. The van der Waals surface area contributed by atoms with Gasteiger partial charge in [0.1, 0.15) is 24.4 Å². The molecule has 5 atom stereocenters. The van der Waals surface area contributed by atoms with Gasteiger partial charge in [-0.2, -0.15) is 30.0 Å². The molecular weight excluding hydrogens is 1230 g/mol. The number of aliphatic hydroxyl groups is 1. The molecular formula is C48H64N6O22P3S4+. The topological polar surface area (TPSA) is 417 Å². The van der Waals surface area contributed by atoms with Gasteiger partial charge in [0, 0.05) is 91.0 Å². The van der Waals surface area contributed by atoms with E-state index in [0.29, 0.717) is 56.0 Å².